The number of hydrogen-bond acceptors (Lipinski definition) is 10. The minimum atomic E-state index is -3.78. The van der Waals surface area contributed by atoms with Gasteiger partial charge in [-0.3, -0.25) is 9.52 Å². The fraction of sp³-hybridized carbons (Fsp3) is 0.200. The van der Waals surface area contributed by atoms with E-state index in [1.54, 1.807) is 26.0 Å². The Kier molecular flexibility index (Phi) is 6.44. The van der Waals surface area contributed by atoms with Crippen LogP contribution in [0.2, 0.25) is 0 Å². The predicted octanol–water partition coefficient (Wildman–Crippen LogP) is 4.76. The highest BCUT2D eigenvalue weighted by Crippen LogP contribution is 2.35. The van der Waals surface area contributed by atoms with Gasteiger partial charge in [-0.25, -0.2) is 18.4 Å². The van der Waals surface area contributed by atoms with Crippen molar-refractivity contribution in [2.24, 2.45) is 0 Å². The van der Waals surface area contributed by atoms with Gasteiger partial charge in [0, 0.05) is 23.6 Å². The lowest BCUT2D eigenvalue weighted by molar-refractivity contribution is -0.115. The first kappa shape index (κ1) is 22.9. The molecule has 3 aromatic heterocycles. The third kappa shape index (κ3) is 5.38. The summed E-state index contributed by atoms with van der Waals surface area (Å²) in [5, 5.41) is 12.7. The SMILES string of the molecule is CCC(=O)Nc1nc(C)c(-c2csc(Nc3ccc(S(=O)(=O)Nc4cc(C)on4)cc3)n2)s1. The Morgan fingerprint density at radius 1 is 1.12 bits per heavy atom. The van der Waals surface area contributed by atoms with Crippen molar-refractivity contribution in [3.63, 3.8) is 0 Å². The zero-order valence-corrected chi connectivity index (χ0v) is 20.3. The number of carbonyl (C=O) groups excluding carboxylic acids is 1. The van der Waals surface area contributed by atoms with Crippen LogP contribution in [-0.4, -0.2) is 29.4 Å². The van der Waals surface area contributed by atoms with Crippen LogP contribution in [-0.2, 0) is 14.8 Å². The lowest BCUT2D eigenvalue weighted by atomic mass is 10.3. The number of nitrogens with zero attached hydrogens (tertiary/aromatic N) is 3. The van der Waals surface area contributed by atoms with Gasteiger partial charge in [-0.2, -0.15) is 0 Å². The van der Waals surface area contributed by atoms with Crippen LogP contribution in [0.5, 0.6) is 0 Å². The lowest BCUT2D eigenvalue weighted by Crippen LogP contribution is -2.13. The van der Waals surface area contributed by atoms with Gasteiger partial charge in [0.2, 0.25) is 5.91 Å². The third-order valence-corrected chi connectivity index (χ3v) is 7.61. The molecule has 0 aliphatic heterocycles. The minimum absolute atomic E-state index is 0.0901. The molecule has 3 N–H and O–H groups in total. The van der Waals surface area contributed by atoms with Crippen LogP contribution in [0.4, 0.5) is 21.8 Å². The molecule has 0 spiro atoms. The standard InChI is InChI=1S/C20H20N6O4S3/c1-4-17(27)24-20-21-12(3)18(32-20)15-10-31-19(23-15)22-13-5-7-14(8-6-13)33(28,29)26-16-9-11(2)30-25-16/h5-10H,4H2,1-3H3,(H,22,23)(H,25,26)(H,21,24,27). The van der Waals surface area contributed by atoms with E-state index >= 15 is 0 Å². The number of amides is 1. The highest BCUT2D eigenvalue weighted by atomic mass is 32.2. The summed E-state index contributed by atoms with van der Waals surface area (Å²) in [6, 6.07) is 7.78. The molecule has 13 heteroatoms. The molecule has 172 valence electrons. The van der Waals surface area contributed by atoms with Gasteiger partial charge in [-0.1, -0.05) is 23.4 Å². The summed E-state index contributed by atoms with van der Waals surface area (Å²) in [5.74, 6) is 0.541. The van der Waals surface area contributed by atoms with Crippen molar-refractivity contribution in [1.82, 2.24) is 15.1 Å². The molecule has 4 rings (SSSR count). The average Bonchev–Trinajstić information content (AvgIpc) is 3.48. The number of aryl methyl sites for hydroxylation is 2. The van der Waals surface area contributed by atoms with Gasteiger partial charge in [-0.15, -0.1) is 11.3 Å². The molecule has 0 saturated heterocycles. The summed E-state index contributed by atoms with van der Waals surface area (Å²) in [6.07, 6.45) is 0.384. The molecule has 0 radical (unpaired) electrons. The molecule has 0 fully saturated rings. The number of rotatable bonds is 8. The summed E-state index contributed by atoms with van der Waals surface area (Å²) in [6.45, 7) is 5.33. The Morgan fingerprint density at radius 2 is 1.88 bits per heavy atom. The van der Waals surface area contributed by atoms with Crippen molar-refractivity contribution in [3.8, 4) is 10.6 Å². The number of hydrogen-bond donors (Lipinski definition) is 3. The first-order valence-electron chi connectivity index (χ1n) is 9.80. The molecular formula is C20H20N6O4S3. The lowest BCUT2D eigenvalue weighted by Gasteiger charge is -2.07. The van der Waals surface area contributed by atoms with Gasteiger partial charge in [0.1, 0.15) is 5.76 Å². The molecule has 1 aromatic carbocycles. The van der Waals surface area contributed by atoms with Crippen LogP contribution in [0.15, 0.2) is 45.1 Å². The molecule has 0 bridgehead atoms. The van der Waals surface area contributed by atoms with Crippen LogP contribution in [0, 0.1) is 13.8 Å². The van der Waals surface area contributed by atoms with Crippen molar-refractivity contribution in [1.29, 1.82) is 0 Å². The van der Waals surface area contributed by atoms with Crippen LogP contribution in [0.25, 0.3) is 10.6 Å². The number of nitrogens with one attached hydrogen (secondary N) is 3. The fourth-order valence-corrected chi connectivity index (χ4v) is 5.51. The number of thiazole rings is 2. The van der Waals surface area contributed by atoms with E-state index in [1.165, 1.54) is 40.9 Å². The Balaban J connectivity index is 1.45. The Bertz CT molecular complexity index is 1390. The summed E-state index contributed by atoms with van der Waals surface area (Å²) in [7, 11) is -3.78. The van der Waals surface area contributed by atoms with Crippen molar-refractivity contribution in [3.05, 3.63) is 47.2 Å². The summed E-state index contributed by atoms with van der Waals surface area (Å²) in [5.41, 5.74) is 2.22. The van der Waals surface area contributed by atoms with E-state index in [4.69, 9.17) is 4.52 Å². The van der Waals surface area contributed by atoms with E-state index in [1.807, 2.05) is 12.3 Å². The maximum absolute atomic E-state index is 12.5. The summed E-state index contributed by atoms with van der Waals surface area (Å²) in [4.78, 5) is 21.6. The van der Waals surface area contributed by atoms with E-state index in [9.17, 15) is 13.2 Å². The second kappa shape index (κ2) is 9.29. The smallest absolute Gasteiger partial charge is 0.263 e. The van der Waals surface area contributed by atoms with Crippen molar-refractivity contribution >= 4 is 60.4 Å². The first-order chi connectivity index (χ1) is 15.7. The monoisotopic (exact) mass is 504 g/mol. The number of aromatic nitrogens is 3. The average molecular weight is 505 g/mol. The van der Waals surface area contributed by atoms with E-state index in [0.29, 0.717) is 28.1 Å². The second-order valence-electron chi connectivity index (χ2n) is 6.95. The quantitative estimate of drug-likeness (QED) is 0.312. The molecule has 0 unspecified atom stereocenters. The molecular weight excluding hydrogens is 484 g/mol. The van der Waals surface area contributed by atoms with Gasteiger partial charge in [-0.05, 0) is 38.1 Å². The van der Waals surface area contributed by atoms with Gasteiger partial charge < -0.3 is 15.2 Å². The molecule has 10 nitrogen and oxygen atoms in total. The molecule has 0 aliphatic carbocycles. The zero-order valence-electron chi connectivity index (χ0n) is 17.9. The largest absolute Gasteiger partial charge is 0.360 e. The Hall–Kier alpha value is -3.29. The summed E-state index contributed by atoms with van der Waals surface area (Å²) < 4.78 is 32.3. The van der Waals surface area contributed by atoms with Gasteiger partial charge in [0.05, 0.1) is 21.2 Å². The van der Waals surface area contributed by atoms with E-state index in [-0.39, 0.29) is 16.6 Å². The van der Waals surface area contributed by atoms with E-state index in [2.05, 4.69) is 30.5 Å². The number of carbonyl (C=O) groups is 1. The minimum Gasteiger partial charge on any atom is -0.360 e. The van der Waals surface area contributed by atoms with Crippen LogP contribution >= 0.6 is 22.7 Å². The van der Waals surface area contributed by atoms with Gasteiger partial charge in [0.25, 0.3) is 10.0 Å². The van der Waals surface area contributed by atoms with Crippen LogP contribution in [0.1, 0.15) is 24.8 Å². The zero-order chi connectivity index (χ0) is 23.6. The summed E-state index contributed by atoms with van der Waals surface area (Å²) >= 11 is 2.78. The fourth-order valence-electron chi connectivity index (χ4n) is 2.78. The highest BCUT2D eigenvalue weighted by molar-refractivity contribution is 7.92. The molecule has 0 atom stereocenters. The van der Waals surface area contributed by atoms with Gasteiger partial charge in [0.15, 0.2) is 16.1 Å². The van der Waals surface area contributed by atoms with Crippen molar-refractivity contribution < 1.29 is 17.7 Å². The molecule has 1 amide bonds. The molecule has 33 heavy (non-hydrogen) atoms. The normalized spacial score (nSPS) is 11.4. The highest BCUT2D eigenvalue weighted by Gasteiger charge is 2.17. The third-order valence-electron chi connectivity index (χ3n) is 4.38. The number of sulfonamides is 1. The number of benzene rings is 1. The van der Waals surface area contributed by atoms with E-state index in [0.717, 1.165) is 16.3 Å². The van der Waals surface area contributed by atoms with Crippen molar-refractivity contribution in [2.45, 2.75) is 32.1 Å². The first-order valence-corrected chi connectivity index (χ1v) is 13.0. The molecule has 3 heterocycles. The second-order valence-corrected chi connectivity index (χ2v) is 10.5. The van der Waals surface area contributed by atoms with Crippen molar-refractivity contribution in [2.75, 3.05) is 15.4 Å². The Morgan fingerprint density at radius 3 is 2.55 bits per heavy atom. The van der Waals surface area contributed by atoms with Crippen LogP contribution < -0.4 is 15.4 Å². The molecule has 0 aliphatic rings. The maximum Gasteiger partial charge on any atom is 0.263 e. The Labute approximate surface area is 198 Å². The number of anilines is 4. The van der Waals surface area contributed by atoms with Gasteiger partial charge >= 0.3 is 0 Å². The van der Waals surface area contributed by atoms with E-state index < -0.39 is 10.0 Å². The predicted molar refractivity (Wildman–Crippen MR) is 129 cm³/mol. The van der Waals surface area contributed by atoms with Crippen LogP contribution in [0.3, 0.4) is 0 Å². The maximum atomic E-state index is 12.5. The molecule has 0 saturated carbocycles. The molecule has 4 aromatic rings. The topological polar surface area (TPSA) is 139 Å².